The maximum Gasteiger partial charge on any atom is 0.245 e. The van der Waals surface area contributed by atoms with E-state index in [-0.39, 0.29) is 11.9 Å². The van der Waals surface area contributed by atoms with E-state index >= 15 is 0 Å². The minimum absolute atomic E-state index is 0.107. The fraction of sp³-hybridized carbons (Fsp3) is 0.615. The van der Waals surface area contributed by atoms with E-state index in [2.05, 4.69) is 25.5 Å². The summed E-state index contributed by atoms with van der Waals surface area (Å²) >= 11 is 1.91. The van der Waals surface area contributed by atoms with Crippen LogP contribution in [-0.2, 0) is 4.79 Å². The standard InChI is InChI=1S/C13H17N7OS/c21-13(18-6-8-22-9-7-18)10-2-1-5-19(10)12-4-3-11-14-16-17-20(11)15-12/h3-4,10H,1-2,5-9H2/t10-/m1/s1. The molecule has 2 saturated heterocycles. The second kappa shape index (κ2) is 5.71. The molecule has 4 heterocycles. The smallest absolute Gasteiger partial charge is 0.245 e. The quantitative estimate of drug-likeness (QED) is 0.774. The van der Waals surface area contributed by atoms with Crippen LogP contribution in [0.1, 0.15) is 12.8 Å². The molecule has 8 nitrogen and oxygen atoms in total. The average molecular weight is 319 g/mol. The van der Waals surface area contributed by atoms with Crippen molar-refractivity contribution in [3.63, 3.8) is 0 Å². The molecule has 2 aromatic rings. The highest BCUT2D eigenvalue weighted by atomic mass is 32.2. The molecule has 2 fully saturated rings. The lowest BCUT2D eigenvalue weighted by Gasteiger charge is -2.32. The molecular formula is C13H17N7OS. The highest BCUT2D eigenvalue weighted by Crippen LogP contribution is 2.26. The van der Waals surface area contributed by atoms with Crippen molar-refractivity contribution in [3.05, 3.63) is 12.1 Å². The van der Waals surface area contributed by atoms with Gasteiger partial charge in [0, 0.05) is 31.1 Å². The van der Waals surface area contributed by atoms with Gasteiger partial charge >= 0.3 is 0 Å². The summed E-state index contributed by atoms with van der Waals surface area (Å²) in [6, 6.07) is 3.62. The third-order valence-electron chi connectivity index (χ3n) is 4.21. The minimum Gasteiger partial charge on any atom is -0.343 e. The third kappa shape index (κ3) is 2.39. The number of anilines is 1. The largest absolute Gasteiger partial charge is 0.343 e. The first-order valence-electron chi connectivity index (χ1n) is 7.51. The molecule has 0 radical (unpaired) electrons. The first-order chi connectivity index (χ1) is 10.8. The van der Waals surface area contributed by atoms with Gasteiger partial charge in [-0.05, 0) is 35.4 Å². The molecule has 0 aliphatic carbocycles. The second-order valence-electron chi connectivity index (χ2n) is 5.51. The molecule has 9 heteroatoms. The molecule has 1 amide bonds. The molecule has 0 N–H and O–H groups in total. The maximum atomic E-state index is 12.8. The van der Waals surface area contributed by atoms with Crippen molar-refractivity contribution in [1.29, 1.82) is 0 Å². The zero-order valence-electron chi connectivity index (χ0n) is 12.1. The van der Waals surface area contributed by atoms with E-state index in [0.717, 1.165) is 49.8 Å². The summed E-state index contributed by atoms with van der Waals surface area (Å²) in [5.41, 5.74) is 0.610. The van der Waals surface area contributed by atoms with Gasteiger partial charge in [-0.2, -0.15) is 11.8 Å². The molecule has 22 heavy (non-hydrogen) atoms. The Morgan fingerprint density at radius 1 is 1.23 bits per heavy atom. The van der Waals surface area contributed by atoms with Gasteiger partial charge in [0.25, 0.3) is 0 Å². The van der Waals surface area contributed by atoms with Crippen LogP contribution < -0.4 is 4.90 Å². The number of thioether (sulfide) groups is 1. The van der Waals surface area contributed by atoms with Crippen LogP contribution in [0.5, 0.6) is 0 Å². The Morgan fingerprint density at radius 3 is 2.95 bits per heavy atom. The Morgan fingerprint density at radius 2 is 2.09 bits per heavy atom. The number of rotatable bonds is 2. The Bertz CT molecular complexity index is 684. The minimum atomic E-state index is -0.107. The lowest BCUT2D eigenvalue weighted by molar-refractivity contribution is -0.132. The van der Waals surface area contributed by atoms with Crippen molar-refractivity contribution in [2.75, 3.05) is 36.0 Å². The van der Waals surface area contributed by atoms with Crippen molar-refractivity contribution in [2.24, 2.45) is 0 Å². The van der Waals surface area contributed by atoms with E-state index in [0.29, 0.717) is 5.65 Å². The molecular weight excluding hydrogens is 302 g/mol. The molecule has 2 aliphatic rings. The van der Waals surface area contributed by atoms with Gasteiger partial charge in [-0.15, -0.1) is 14.8 Å². The molecule has 2 aromatic heterocycles. The van der Waals surface area contributed by atoms with E-state index in [9.17, 15) is 4.79 Å². The molecule has 2 aliphatic heterocycles. The van der Waals surface area contributed by atoms with Crippen molar-refractivity contribution >= 4 is 29.1 Å². The molecule has 0 aromatic carbocycles. The Hall–Kier alpha value is -1.90. The van der Waals surface area contributed by atoms with Gasteiger partial charge in [0.05, 0.1) is 0 Å². The highest BCUT2D eigenvalue weighted by molar-refractivity contribution is 7.99. The monoisotopic (exact) mass is 319 g/mol. The molecule has 0 spiro atoms. The summed E-state index contributed by atoms with van der Waals surface area (Å²) in [4.78, 5) is 16.9. The maximum absolute atomic E-state index is 12.8. The van der Waals surface area contributed by atoms with Crippen LogP contribution in [0.3, 0.4) is 0 Å². The van der Waals surface area contributed by atoms with Crippen LogP contribution in [-0.4, -0.2) is 73.2 Å². The summed E-state index contributed by atoms with van der Waals surface area (Å²) in [6.07, 6.45) is 1.89. The van der Waals surface area contributed by atoms with Crippen molar-refractivity contribution in [3.8, 4) is 0 Å². The number of carbonyl (C=O) groups is 1. The molecule has 4 rings (SSSR count). The highest BCUT2D eigenvalue weighted by Gasteiger charge is 2.35. The first-order valence-corrected chi connectivity index (χ1v) is 8.67. The zero-order chi connectivity index (χ0) is 14.9. The number of aromatic nitrogens is 5. The van der Waals surface area contributed by atoms with Crippen molar-refractivity contribution < 1.29 is 4.79 Å². The van der Waals surface area contributed by atoms with Gasteiger partial charge in [-0.25, -0.2) is 0 Å². The summed E-state index contributed by atoms with van der Waals surface area (Å²) in [5.74, 6) is 3.07. The molecule has 116 valence electrons. The number of hydrogen-bond donors (Lipinski definition) is 0. The molecule has 0 bridgehead atoms. The predicted octanol–water partition coefficient (Wildman–Crippen LogP) is 0.0635. The van der Waals surface area contributed by atoms with E-state index in [1.807, 2.05) is 28.8 Å². The first kappa shape index (κ1) is 13.7. The fourth-order valence-corrected chi connectivity index (χ4v) is 3.99. The average Bonchev–Trinajstić information content (AvgIpc) is 3.23. The second-order valence-corrected chi connectivity index (χ2v) is 6.73. The number of hydrogen-bond acceptors (Lipinski definition) is 7. The fourth-order valence-electron chi connectivity index (χ4n) is 3.09. The molecule has 0 unspecified atom stereocenters. The number of fused-ring (bicyclic) bond motifs is 1. The normalized spacial score (nSPS) is 22.5. The van der Waals surface area contributed by atoms with Crippen LogP contribution in [0.15, 0.2) is 12.1 Å². The number of tetrazole rings is 1. The van der Waals surface area contributed by atoms with Gasteiger partial charge in [0.2, 0.25) is 5.91 Å². The van der Waals surface area contributed by atoms with Crippen molar-refractivity contribution in [1.82, 2.24) is 30.2 Å². The zero-order valence-corrected chi connectivity index (χ0v) is 12.9. The van der Waals surface area contributed by atoms with E-state index in [1.54, 1.807) is 0 Å². The van der Waals surface area contributed by atoms with E-state index in [4.69, 9.17) is 0 Å². The summed E-state index contributed by atoms with van der Waals surface area (Å²) in [5, 5.41) is 15.7. The summed E-state index contributed by atoms with van der Waals surface area (Å²) in [6.45, 7) is 2.56. The van der Waals surface area contributed by atoms with Crippen LogP contribution in [0.25, 0.3) is 5.65 Å². The van der Waals surface area contributed by atoms with Crippen LogP contribution in [0.4, 0.5) is 5.82 Å². The van der Waals surface area contributed by atoms with Crippen LogP contribution >= 0.6 is 11.8 Å². The van der Waals surface area contributed by atoms with E-state index in [1.165, 1.54) is 4.63 Å². The lowest BCUT2D eigenvalue weighted by atomic mass is 10.2. The number of amides is 1. The van der Waals surface area contributed by atoms with Gasteiger partial charge in [-0.1, -0.05) is 0 Å². The van der Waals surface area contributed by atoms with Crippen LogP contribution in [0, 0.1) is 0 Å². The van der Waals surface area contributed by atoms with Gasteiger partial charge in [0.15, 0.2) is 11.5 Å². The Balaban J connectivity index is 1.58. The van der Waals surface area contributed by atoms with Crippen LogP contribution in [0.2, 0.25) is 0 Å². The van der Waals surface area contributed by atoms with Gasteiger partial charge in [0.1, 0.15) is 6.04 Å². The lowest BCUT2D eigenvalue weighted by Crippen LogP contribution is -2.48. The third-order valence-corrected chi connectivity index (χ3v) is 5.15. The summed E-state index contributed by atoms with van der Waals surface area (Å²) < 4.78 is 1.41. The van der Waals surface area contributed by atoms with Gasteiger partial charge in [-0.3, -0.25) is 4.79 Å². The molecule has 0 saturated carbocycles. The van der Waals surface area contributed by atoms with Crippen molar-refractivity contribution in [2.45, 2.75) is 18.9 Å². The SMILES string of the molecule is O=C([C@H]1CCCN1c1ccc2nnnn2n1)N1CCSCC1. The number of carbonyl (C=O) groups excluding carboxylic acids is 1. The predicted molar refractivity (Wildman–Crippen MR) is 82.9 cm³/mol. The Labute approximate surface area is 131 Å². The topological polar surface area (TPSA) is 79.5 Å². The Kier molecular flexibility index (Phi) is 3.57. The number of nitrogens with zero attached hydrogens (tertiary/aromatic N) is 7. The molecule has 1 atom stereocenters. The van der Waals surface area contributed by atoms with E-state index < -0.39 is 0 Å². The summed E-state index contributed by atoms with van der Waals surface area (Å²) in [7, 11) is 0. The van der Waals surface area contributed by atoms with Gasteiger partial charge < -0.3 is 9.80 Å².